The number of hydrogen-bond donors (Lipinski definition) is 2. The van der Waals surface area contributed by atoms with Gasteiger partial charge in [0.05, 0.1) is 0 Å². The van der Waals surface area contributed by atoms with Crippen LogP contribution < -0.4 is 11.1 Å². The molecule has 0 aliphatic heterocycles. The van der Waals surface area contributed by atoms with E-state index in [-0.39, 0.29) is 5.91 Å². The maximum Gasteiger partial charge on any atom is 0.248 e. The van der Waals surface area contributed by atoms with Gasteiger partial charge < -0.3 is 15.6 Å². The molecule has 154 valence electrons. The maximum atomic E-state index is 12.2. The van der Waals surface area contributed by atoms with Crippen LogP contribution in [0.4, 0.5) is 0 Å². The molecule has 1 fully saturated rings. The Labute approximate surface area is 173 Å². The number of hydrogen-bond acceptors (Lipinski definition) is 2. The molecule has 0 bridgehead atoms. The normalized spacial score (nSPS) is 15.0. The van der Waals surface area contributed by atoms with E-state index in [1.165, 1.54) is 43.5 Å². The minimum Gasteiger partial charge on any atom is -0.366 e. The second-order valence-electron chi connectivity index (χ2n) is 7.93. The molecule has 0 saturated heterocycles. The minimum absolute atomic E-state index is 0.112. The Hall–Kier alpha value is -2.82. The molecule has 5 nitrogen and oxygen atoms in total. The third-order valence-electron chi connectivity index (χ3n) is 5.80. The molecule has 1 aliphatic rings. The zero-order valence-corrected chi connectivity index (χ0v) is 17.4. The van der Waals surface area contributed by atoms with Gasteiger partial charge in [0.1, 0.15) is 0 Å². The standard InChI is InChI=1S/C24H31N3O2/c1-17-15-20(18(2)27(17)22-9-4-3-5-10-22)11-12-23(28)26-14-13-19-7-6-8-21(16-19)24(25)29/h6-8,11-12,15-16,22H,3-5,9-10,13-14H2,1-2H3,(H2,25,29)(H,26,28)/b12-11+. The van der Waals surface area contributed by atoms with Crippen molar-refractivity contribution in [2.45, 2.75) is 58.4 Å². The fourth-order valence-electron chi connectivity index (χ4n) is 4.31. The van der Waals surface area contributed by atoms with Crippen molar-refractivity contribution in [3.8, 4) is 0 Å². The van der Waals surface area contributed by atoms with Gasteiger partial charge in [-0.3, -0.25) is 9.59 Å². The Bertz CT molecular complexity index is 905. The molecular weight excluding hydrogens is 362 g/mol. The highest BCUT2D eigenvalue weighted by atomic mass is 16.1. The number of carbonyl (C=O) groups excluding carboxylic acids is 2. The summed E-state index contributed by atoms with van der Waals surface area (Å²) in [7, 11) is 0. The third-order valence-corrected chi connectivity index (χ3v) is 5.80. The summed E-state index contributed by atoms with van der Waals surface area (Å²) in [6.45, 7) is 4.80. The molecule has 0 atom stereocenters. The van der Waals surface area contributed by atoms with Gasteiger partial charge in [0.25, 0.3) is 0 Å². The van der Waals surface area contributed by atoms with E-state index in [0.717, 1.165) is 11.1 Å². The number of primary amides is 1. The molecule has 1 aromatic heterocycles. The quantitative estimate of drug-likeness (QED) is 0.695. The van der Waals surface area contributed by atoms with E-state index in [1.54, 1.807) is 24.3 Å². The zero-order valence-electron chi connectivity index (χ0n) is 17.4. The molecule has 1 saturated carbocycles. The van der Waals surface area contributed by atoms with Crippen LogP contribution in [-0.4, -0.2) is 22.9 Å². The van der Waals surface area contributed by atoms with Crippen molar-refractivity contribution in [1.29, 1.82) is 0 Å². The van der Waals surface area contributed by atoms with E-state index in [2.05, 4.69) is 29.8 Å². The molecule has 2 amide bonds. The Morgan fingerprint density at radius 3 is 2.66 bits per heavy atom. The Kier molecular flexibility index (Phi) is 6.91. The van der Waals surface area contributed by atoms with Crippen LogP contribution in [0.3, 0.4) is 0 Å². The van der Waals surface area contributed by atoms with E-state index in [4.69, 9.17) is 5.73 Å². The van der Waals surface area contributed by atoms with Crippen LogP contribution in [0.1, 0.15) is 71.0 Å². The molecule has 3 rings (SSSR count). The van der Waals surface area contributed by atoms with Gasteiger partial charge in [-0.25, -0.2) is 0 Å². The number of nitrogens with zero attached hydrogens (tertiary/aromatic N) is 1. The first-order valence-electron chi connectivity index (χ1n) is 10.5. The highest BCUT2D eigenvalue weighted by Crippen LogP contribution is 2.32. The molecule has 0 unspecified atom stereocenters. The predicted molar refractivity (Wildman–Crippen MR) is 117 cm³/mol. The van der Waals surface area contributed by atoms with Crippen molar-refractivity contribution in [3.63, 3.8) is 0 Å². The number of aromatic nitrogens is 1. The fraction of sp³-hybridized carbons (Fsp3) is 0.417. The smallest absolute Gasteiger partial charge is 0.248 e. The SMILES string of the molecule is Cc1cc(/C=C/C(=O)NCCc2cccc(C(N)=O)c2)c(C)n1C1CCCCC1. The highest BCUT2D eigenvalue weighted by Gasteiger charge is 2.19. The lowest BCUT2D eigenvalue weighted by molar-refractivity contribution is -0.116. The summed E-state index contributed by atoms with van der Waals surface area (Å²) in [6.07, 6.45) is 10.6. The van der Waals surface area contributed by atoms with E-state index >= 15 is 0 Å². The average molecular weight is 394 g/mol. The van der Waals surface area contributed by atoms with Crippen molar-refractivity contribution in [1.82, 2.24) is 9.88 Å². The predicted octanol–water partition coefficient (Wildman–Crippen LogP) is 4.08. The zero-order chi connectivity index (χ0) is 20.8. The van der Waals surface area contributed by atoms with Crippen LogP contribution in [0.15, 0.2) is 36.4 Å². The largest absolute Gasteiger partial charge is 0.366 e. The van der Waals surface area contributed by atoms with Gasteiger partial charge in [-0.2, -0.15) is 0 Å². The molecule has 29 heavy (non-hydrogen) atoms. The van der Waals surface area contributed by atoms with Gasteiger partial charge >= 0.3 is 0 Å². The van der Waals surface area contributed by atoms with Crippen molar-refractivity contribution < 1.29 is 9.59 Å². The second-order valence-corrected chi connectivity index (χ2v) is 7.93. The van der Waals surface area contributed by atoms with E-state index < -0.39 is 5.91 Å². The van der Waals surface area contributed by atoms with Crippen LogP contribution in [0, 0.1) is 13.8 Å². The number of nitrogens with one attached hydrogen (secondary N) is 1. The number of carbonyl (C=O) groups is 2. The number of aryl methyl sites for hydroxylation is 1. The van der Waals surface area contributed by atoms with Crippen molar-refractivity contribution in [2.24, 2.45) is 5.73 Å². The van der Waals surface area contributed by atoms with Crippen LogP contribution in [0.25, 0.3) is 6.08 Å². The number of nitrogens with two attached hydrogens (primary N) is 1. The van der Waals surface area contributed by atoms with Crippen LogP contribution in [0.2, 0.25) is 0 Å². The number of rotatable bonds is 7. The van der Waals surface area contributed by atoms with Gasteiger partial charge in [-0.05, 0) is 68.5 Å². The molecule has 0 radical (unpaired) electrons. The summed E-state index contributed by atoms with van der Waals surface area (Å²) in [5.74, 6) is -0.553. The van der Waals surface area contributed by atoms with Crippen molar-refractivity contribution in [3.05, 3.63) is 64.5 Å². The van der Waals surface area contributed by atoms with Crippen LogP contribution >= 0.6 is 0 Å². The van der Waals surface area contributed by atoms with Crippen molar-refractivity contribution >= 4 is 17.9 Å². The first-order valence-corrected chi connectivity index (χ1v) is 10.5. The summed E-state index contributed by atoms with van der Waals surface area (Å²) in [5, 5.41) is 2.91. The molecule has 1 aromatic carbocycles. The molecule has 5 heteroatoms. The van der Waals surface area contributed by atoms with Gasteiger partial charge in [0, 0.05) is 35.6 Å². The lowest BCUT2D eigenvalue weighted by Crippen LogP contribution is -2.23. The summed E-state index contributed by atoms with van der Waals surface area (Å²) in [5.41, 5.74) is 10.4. The molecule has 2 aromatic rings. The van der Waals surface area contributed by atoms with E-state index in [9.17, 15) is 9.59 Å². The fourth-order valence-corrected chi connectivity index (χ4v) is 4.31. The minimum atomic E-state index is -0.440. The summed E-state index contributed by atoms with van der Waals surface area (Å²) in [4.78, 5) is 23.5. The molecule has 0 spiro atoms. The van der Waals surface area contributed by atoms with Crippen LogP contribution in [0.5, 0.6) is 0 Å². The summed E-state index contributed by atoms with van der Waals surface area (Å²) in [6, 6.07) is 9.95. The van der Waals surface area contributed by atoms with E-state index in [1.807, 2.05) is 12.1 Å². The highest BCUT2D eigenvalue weighted by molar-refractivity contribution is 5.93. The van der Waals surface area contributed by atoms with Gasteiger partial charge in [0.2, 0.25) is 11.8 Å². The Balaban J connectivity index is 1.55. The lowest BCUT2D eigenvalue weighted by atomic mass is 9.95. The summed E-state index contributed by atoms with van der Waals surface area (Å²) >= 11 is 0. The topological polar surface area (TPSA) is 77.1 Å². The van der Waals surface area contributed by atoms with Crippen molar-refractivity contribution in [2.75, 3.05) is 6.54 Å². The number of benzene rings is 1. The van der Waals surface area contributed by atoms with Gasteiger partial charge in [0.15, 0.2) is 0 Å². The lowest BCUT2D eigenvalue weighted by Gasteiger charge is -2.26. The van der Waals surface area contributed by atoms with E-state index in [0.29, 0.717) is 24.6 Å². The van der Waals surface area contributed by atoms with Crippen LogP contribution in [-0.2, 0) is 11.2 Å². The molecular formula is C24H31N3O2. The molecule has 1 heterocycles. The Morgan fingerprint density at radius 1 is 1.17 bits per heavy atom. The summed E-state index contributed by atoms with van der Waals surface area (Å²) < 4.78 is 2.45. The Morgan fingerprint density at radius 2 is 1.93 bits per heavy atom. The monoisotopic (exact) mass is 393 g/mol. The molecule has 3 N–H and O–H groups in total. The average Bonchev–Trinajstić information content (AvgIpc) is 3.00. The third kappa shape index (κ3) is 5.37. The first-order chi connectivity index (χ1) is 14.0. The number of amides is 2. The maximum absolute atomic E-state index is 12.2. The first kappa shape index (κ1) is 20.9. The molecule has 1 aliphatic carbocycles. The second kappa shape index (κ2) is 9.59. The van der Waals surface area contributed by atoms with Gasteiger partial charge in [-0.1, -0.05) is 31.4 Å². The van der Waals surface area contributed by atoms with Gasteiger partial charge in [-0.15, -0.1) is 0 Å².